The van der Waals surface area contributed by atoms with Gasteiger partial charge in [0.2, 0.25) is 0 Å². The highest BCUT2D eigenvalue weighted by Crippen LogP contribution is 2.25. The van der Waals surface area contributed by atoms with Crippen LogP contribution in [0.4, 0.5) is 8.78 Å². The first-order valence-electron chi connectivity index (χ1n) is 4.94. The second-order valence-corrected chi connectivity index (χ2v) is 4.87. The summed E-state index contributed by atoms with van der Waals surface area (Å²) in [5.74, 6) is -2.27. The van der Waals surface area contributed by atoms with E-state index in [1.54, 1.807) is 0 Å². The third kappa shape index (κ3) is 2.44. The topological polar surface area (TPSA) is 17.1 Å². The van der Waals surface area contributed by atoms with Crippen molar-refractivity contribution in [1.82, 2.24) is 0 Å². The molecule has 0 aromatic heterocycles. The molecule has 0 spiro atoms. The van der Waals surface area contributed by atoms with Gasteiger partial charge in [-0.1, -0.05) is 33.6 Å². The van der Waals surface area contributed by atoms with E-state index >= 15 is 0 Å². The lowest BCUT2D eigenvalue weighted by atomic mass is 10.0. The van der Waals surface area contributed by atoms with Crippen molar-refractivity contribution in [2.24, 2.45) is 0 Å². The largest absolute Gasteiger partial charge is 0.288 e. The van der Waals surface area contributed by atoms with Gasteiger partial charge in [0.15, 0.2) is 5.78 Å². The first kappa shape index (κ1) is 13.2. The molecule has 0 fully saturated rings. The van der Waals surface area contributed by atoms with Gasteiger partial charge in [0, 0.05) is 4.47 Å². The lowest BCUT2D eigenvalue weighted by Gasteiger charge is -2.06. The highest BCUT2D eigenvalue weighted by Gasteiger charge is 2.20. The molecule has 5 heteroatoms. The molecule has 0 saturated carbocycles. The van der Waals surface area contributed by atoms with E-state index in [-0.39, 0.29) is 16.1 Å². The maximum atomic E-state index is 13.6. The molecule has 0 aliphatic carbocycles. The predicted molar refractivity (Wildman–Crippen MR) is 68.9 cm³/mol. The maximum absolute atomic E-state index is 13.6. The summed E-state index contributed by atoms with van der Waals surface area (Å²) < 4.78 is 27.7. The van der Waals surface area contributed by atoms with Gasteiger partial charge >= 0.3 is 0 Å². The summed E-state index contributed by atoms with van der Waals surface area (Å²) in [5, 5.41) is -0.0422. The molecule has 0 atom stereocenters. The van der Waals surface area contributed by atoms with Gasteiger partial charge in [0.25, 0.3) is 0 Å². The molecule has 0 heterocycles. The summed E-state index contributed by atoms with van der Waals surface area (Å²) in [7, 11) is 0. The molecule has 0 aliphatic rings. The number of ketones is 1. The van der Waals surface area contributed by atoms with E-state index < -0.39 is 17.4 Å². The molecule has 0 saturated heterocycles. The standard InChI is InChI=1S/C13H6BrClF2O/c14-7-4-5-10(16)8(6-7)13(18)12-9(15)2-1-3-11(12)17/h1-6H. The van der Waals surface area contributed by atoms with Gasteiger partial charge in [-0.3, -0.25) is 4.79 Å². The van der Waals surface area contributed by atoms with E-state index in [2.05, 4.69) is 15.9 Å². The van der Waals surface area contributed by atoms with Crippen molar-refractivity contribution in [2.75, 3.05) is 0 Å². The Morgan fingerprint density at radius 1 is 1.11 bits per heavy atom. The fourth-order valence-electron chi connectivity index (χ4n) is 1.52. The molecule has 2 aromatic rings. The normalized spacial score (nSPS) is 10.4. The monoisotopic (exact) mass is 330 g/mol. The average Bonchev–Trinajstić information content (AvgIpc) is 2.32. The fraction of sp³-hybridized carbons (Fsp3) is 0. The SMILES string of the molecule is O=C(c1cc(Br)ccc1F)c1c(F)cccc1Cl. The third-order valence-corrected chi connectivity index (χ3v) is 3.17. The van der Waals surface area contributed by atoms with Crippen molar-refractivity contribution in [2.45, 2.75) is 0 Å². The first-order chi connectivity index (χ1) is 8.50. The molecule has 0 aliphatic heterocycles. The van der Waals surface area contributed by atoms with Crippen LogP contribution >= 0.6 is 27.5 Å². The van der Waals surface area contributed by atoms with Crippen molar-refractivity contribution < 1.29 is 13.6 Å². The van der Waals surface area contributed by atoms with Crippen molar-refractivity contribution in [1.29, 1.82) is 0 Å². The van der Waals surface area contributed by atoms with Crippen LogP contribution in [0.25, 0.3) is 0 Å². The highest BCUT2D eigenvalue weighted by atomic mass is 79.9. The molecular weight excluding hydrogens is 325 g/mol. The van der Waals surface area contributed by atoms with E-state index in [1.807, 2.05) is 0 Å². The van der Waals surface area contributed by atoms with Crippen LogP contribution in [0.3, 0.4) is 0 Å². The Hall–Kier alpha value is -1.26. The highest BCUT2D eigenvalue weighted by molar-refractivity contribution is 9.10. The summed E-state index contributed by atoms with van der Waals surface area (Å²) in [6.07, 6.45) is 0. The second kappa shape index (κ2) is 5.16. The summed E-state index contributed by atoms with van der Waals surface area (Å²) in [6, 6.07) is 7.75. The van der Waals surface area contributed by atoms with Gasteiger partial charge in [-0.05, 0) is 30.3 Å². The van der Waals surface area contributed by atoms with Crippen molar-refractivity contribution in [3.8, 4) is 0 Å². The van der Waals surface area contributed by atoms with Gasteiger partial charge in [-0.25, -0.2) is 8.78 Å². The van der Waals surface area contributed by atoms with E-state index in [4.69, 9.17) is 11.6 Å². The molecular formula is C13H6BrClF2O. The van der Waals surface area contributed by atoms with E-state index in [1.165, 1.54) is 24.3 Å². The van der Waals surface area contributed by atoms with Crippen LogP contribution in [0, 0.1) is 11.6 Å². The molecule has 18 heavy (non-hydrogen) atoms. The molecule has 2 aromatic carbocycles. The number of carbonyl (C=O) groups excluding carboxylic acids is 1. The second-order valence-electron chi connectivity index (χ2n) is 3.55. The Morgan fingerprint density at radius 3 is 2.50 bits per heavy atom. The Bertz CT molecular complexity index is 608. The van der Waals surface area contributed by atoms with Gasteiger partial charge in [0.05, 0.1) is 16.1 Å². The predicted octanol–water partition coefficient (Wildman–Crippen LogP) is 4.61. The zero-order valence-corrected chi connectivity index (χ0v) is 11.2. The maximum Gasteiger partial charge on any atom is 0.200 e. The lowest BCUT2D eigenvalue weighted by molar-refractivity contribution is 0.103. The van der Waals surface area contributed by atoms with Crippen LogP contribution in [0.5, 0.6) is 0 Å². The number of carbonyl (C=O) groups is 1. The van der Waals surface area contributed by atoms with Crippen LogP contribution in [0.1, 0.15) is 15.9 Å². The number of rotatable bonds is 2. The van der Waals surface area contributed by atoms with Crippen LogP contribution in [-0.4, -0.2) is 5.78 Å². The zero-order valence-electron chi connectivity index (χ0n) is 8.88. The van der Waals surface area contributed by atoms with Gasteiger partial charge < -0.3 is 0 Å². The third-order valence-electron chi connectivity index (χ3n) is 2.36. The summed E-state index contributed by atoms with van der Waals surface area (Å²) in [5.41, 5.74) is -0.549. The van der Waals surface area contributed by atoms with Gasteiger partial charge in [-0.15, -0.1) is 0 Å². The first-order valence-corrected chi connectivity index (χ1v) is 6.11. The minimum atomic E-state index is -0.781. The minimum absolute atomic E-state index is 0.0422. The van der Waals surface area contributed by atoms with Crippen LogP contribution in [0.2, 0.25) is 5.02 Å². The molecule has 0 N–H and O–H groups in total. The average molecular weight is 332 g/mol. The van der Waals surface area contributed by atoms with Crippen molar-refractivity contribution in [3.05, 3.63) is 68.7 Å². The smallest absolute Gasteiger partial charge is 0.200 e. The van der Waals surface area contributed by atoms with Crippen LogP contribution in [-0.2, 0) is 0 Å². The summed E-state index contributed by atoms with van der Waals surface area (Å²) in [4.78, 5) is 12.1. The Morgan fingerprint density at radius 2 is 1.83 bits per heavy atom. The van der Waals surface area contributed by atoms with Crippen molar-refractivity contribution in [3.63, 3.8) is 0 Å². The van der Waals surface area contributed by atoms with E-state index in [0.29, 0.717) is 4.47 Å². The Labute approximate surface area is 116 Å². The number of halogens is 4. The van der Waals surface area contributed by atoms with Crippen molar-refractivity contribution >= 4 is 33.3 Å². The molecule has 0 bridgehead atoms. The van der Waals surface area contributed by atoms with Gasteiger partial charge in [-0.2, -0.15) is 0 Å². The number of benzene rings is 2. The summed E-state index contributed by atoms with van der Waals surface area (Å²) in [6.45, 7) is 0. The molecule has 2 rings (SSSR count). The Balaban J connectivity index is 2.58. The molecule has 1 nitrogen and oxygen atoms in total. The van der Waals surface area contributed by atoms with Crippen LogP contribution in [0.15, 0.2) is 40.9 Å². The number of hydrogen-bond acceptors (Lipinski definition) is 1. The van der Waals surface area contributed by atoms with Crippen LogP contribution < -0.4 is 0 Å². The number of hydrogen-bond donors (Lipinski definition) is 0. The molecule has 92 valence electrons. The quantitative estimate of drug-likeness (QED) is 0.734. The zero-order chi connectivity index (χ0) is 13.3. The Kier molecular flexibility index (Phi) is 3.78. The summed E-state index contributed by atoms with van der Waals surface area (Å²) >= 11 is 8.90. The fourth-order valence-corrected chi connectivity index (χ4v) is 2.13. The lowest BCUT2D eigenvalue weighted by Crippen LogP contribution is -2.07. The molecule has 0 radical (unpaired) electrons. The van der Waals surface area contributed by atoms with Gasteiger partial charge in [0.1, 0.15) is 11.6 Å². The van der Waals surface area contributed by atoms with E-state index in [9.17, 15) is 13.6 Å². The molecule has 0 unspecified atom stereocenters. The molecule has 0 amide bonds. The van der Waals surface area contributed by atoms with E-state index in [0.717, 1.165) is 12.1 Å². The minimum Gasteiger partial charge on any atom is -0.288 e.